The normalized spacial score (nSPS) is 67.0. The minimum absolute atomic E-state index is 0.257. The van der Waals surface area contributed by atoms with Crippen LogP contribution in [-0.2, 0) is 0 Å². The highest BCUT2D eigenvalue weighted by atomic mass is 14.8. The van der Waals surface area contributed by atoms with Crippen LogP contribution in [0, 0.1) is 40.4 Å². The first-order valence-corrected chi connectivity index (χ1v) is 9.84. The fourth-order valence-corrected chi connectivity index (χ4v) is 9.71. The van der Waals surface area contributed by atoms with Gasteiger partial charge in [0, 0.05) is 5.54 Å². The molecule has 8 aliphatic rings. The zero-order valence-corrected chi connectivity index (χ0v) is 13.4. The smallest absolute Gasteiger partial charge is 0.0165 e. The highest BCUT2D eigenvalue weighted by Gasteiger charge is 2.66. The van der Waals surface area contributed by atoms with Crippen molar-refractivity contribution >= 4 is 0 Å². The Morgan fingerprint density at radius 2 is 0.952 bits per heavy atom. The second-order valence-electron chi connectivity index (χ2n) is 10.8. The van der Waals surface area contributed by atoms with Crippen molar-refractivity contribution in [3.8, 4) is 0 Å². The lowest BCUT2D eigenvalue weighted by Gasteiger charge is -2.71. The van der Waals surface area contributed by atoms with Crippen molar-refractivity contribution < 1.29 is 0 Å². The summed E-state index contributed by atoms with van der Waals surface area (Å²) < 4.78 is 0. The molecule has 0 saturated heterocycles. The van der Waals surface area contributed by atoms with Crippen LogP contribution in [0.4, 0.5) is 0 Å². The topological polar surface area (TPSA) is 26.0 Å². The summed E-state index contributed by atoms with van der Waals surface area (Å²) in [5.41, 5.74) is 8.63. The predicted molar refractivity (Wildman–Crippen MR) is 84.6 cm³/mol. The summed E-state index contributed by atoms with van der Waals surface area (Å²) in [5, 5.41) is 0. The largest absolute Gasteiger partial charge is 0.325 e. The molecule has 0 heterocycles. The van der Waals surface area contributed by atoms with Crippen LogP contribution in [0.5, 0.6) is 0 Å². The van der Waals surface area contributed by atoms with E-state index in [1.54, 1.807) is 51.4 Å². The zero-order chi connectivity index (χ0) is 13.9. The molecular weight excluding hydrogens is 254 g/mol. The minimum Gasteiger partial charge on any atom is -0.325 e. The van der Waals surface area contributed by atoms with Crippen molar-refractivity contribution in [2.45, 2.75) is 82.6 Å². The van der Waals surface area contributed by atoms with Crippen LogP contribution in [0.25, 0.3) is 0 Å². The molecule has 2 atom stereocenters. The second kappa shape index (κ2) is 3.55. The Kier molecular flexibility index (Phi) is 2.09. The maximum atomic E-state index is 6.92. The number of hydrogen-bond acceptors (Lipinski definition) is 1. The van der Waals surface area contributed by atoms with E-state index in [2.05, 4.69) is 0 Å². The van der Waals surface area contributed by atoms with Crippen LogP contribution in [-0.4, -0.2) is 5.54 Å². The Balaban J connectivity index is 1.45. The van der Waals surface area contributed by atoms with Gasteiger partial charge in [0.15, 0.2) is 0 Å². The third-order valence-electron chi connectivity index (χ3n) is 9.27. The van der Waals surface area contributed by atoms with E-state index in [9.17, 15) is 0 Å². The average Bonchev–Trinajstić information content (AvgIpc) is 2.33. The van der Waals surface area contributed by atoms with Crippen LogP contribution >= 0.6 is 0 Å². The molecule has 1 nitrogen and oxygen atoms in total. The molecule has 0 aromatic rings. The molecule has 116 valence electrons. The molecule has 0 aromatic heterocycles. The van der Waals surface area contributed by atoms with Gasteiger partial charge in [-0.2, -0.15) is 0 Å². The van der Waals surface area contributed by atoms with Crippen LogP contribution in [0.1, 0.15) is 77.0 Å². The van der Waals surface area contributed by atoms with Crippen molar-refractivity contribution in [1.82, 2.24) is 0 Å². The summed E-state index contributed by atoms with van der Waals surface area (Å²) in [6, 6.07) is 0. The summed E-state index contributed by atoms with van der Waals surface area (Å²) in [4.78, 5) is 0. The van der Waals surface area contributed by atoms with E-state index < -0.39 is 0 Å². The van der Waals surface area contributed by atoms with E-state index in [0.29, 0.717) is 5.41 Å². The molecule has 0 aromatic carbocycles. The summed E-state index contributed by atoms with van der Waals surface area (Å²) >= 11 is 0. The van der Waals surface area contributed by atoms with Crippen molar-refractivity contribution in [2.24, 2.45) is 46.2 Å². The molecule has 8 bridgehead atoms. The van der Waals surface area contributed by atoms with Gasteiger partial charge < -0.3 is 5.73 Å². The van der Waals surface area contributed by atoms with E-state index in [0.717, 1.165) is 35.0 Å². The van der Waals surface area contributed by atoms with Gasteiger partial charge in [0.05, 0.1) is 0 Å². The molecule has 0 spiro atoms. The predicted octanol–water partition coefficient (Wildman–Crippen LogP) is 4.50. The van der Waals surface area contributed by atoms with Crippen molar-refractivity contribution in [2.75, 3.05) is 0 Å². The lowest BCUT2D eigenvalue weighted by atomic mass is 9.34. The Labute approximate surface area is 129 Å². The van der Waals surface area contributed by atoms with Crippen molar-refractivity contribution in [3.05, 3.63) is 0 Å². The van der Waals surface area contributed by atoms with E-state index in [-0.39, 0.29) is 5.54 Å². The minimum atomic E-state index is 0.257. The van der Waals surface area contributed by atoms with Crippen LogP contribution in [0.15, 0.2) is 0 Å². The molecule has 2 unspecified atom stereocenters. The Hall–Kier alpha value is -0.0400. The first kappa shape index (κ1) is 12.4. The number of hydrogen-bond donors (Lipinski definition) is 1. The monoisotopic (exact) mass is 285 g/mol. The van der Waals surface area contributed by atoms with Gasteiger partial charge in [0.25, 0.3) is 0 Å². The molecule has 8 fully saturated rings. The lowest BCUT2D eigenvalue weighted by molar-refractivity contribution is -0.203. The third kappa shape index (κ3) is 1.48. The SMILES string of the molecule is NC12CC3CC(C1)CC(C14CC5CC(CC(C5)C1)C4)(C3)C2. The zero-order valence-electron chi connectivity index (χ0n) is 13.4. The fourth-order valence-electron chi connectivity index (χ4n) is 9.71. The fraction of sp³-hybridized carbons (Fsp3) is 1.00. The molecule has 8 saturated carbocycles. The van der Waals surface area contributed by atoms with Gasteiger partial charge in [-0.1, -0.05) is 0 Å². The molecule has 2 N–H and O–H groups in total. The maximum Gasteiger partial charge on any atom is 0.0165 e. The Morgan fingerprint density at radius 3 is 1.43 bits per heavy atom. The molecule has 21 heavy (non-hydrogen) atoms. The highest BCUT2D eigenvalue weighted by Crippen LogP contribution is 2.75. The Morgan fingerprint density at radius 1 is 0.524 bits per heavy atom. The molecule has 8 rings (SSSR count). The average molecular weight is 285 g/mol. The molecule has 1 heteroatoms. The molecule has 0 aliphatic heterocycles. The van der Waals surface area contributed by atoms with Gasteiger partial charge in [-0.3, -0.25) is 0 Å². The molecule has 0 radical (unpaired) electrons. The lowest BCUT2D eigenvalue weighted by Crippen LogP contribution is -2.66. The van der Waals surface area contributed by atoms with Crippen molar-refractivity contribution in [1.29, 1.82) is 0 Å². The van der Waals surface area contributed by atoms with Crippen LogP contribution < -0.4 is 5.73 Å². The number of nitrogens with two attached hydrogens (primary N) is 1. The summed E-state index contributed by atoms with van der Waals surface area (Å²) in [6.45, 7) is 0. The standard InChI is InChI=1S/C20H31N/c21-20-10-16-4-17(11-20)9-19(8-16,12-20)18-5-13-1-14(6-18)3-15(2-13)7-18/h13-17H,1-12,21H2. The quantitative estimate of drug-likeness (QED) is 0.754. The van der Waals surface area contributed by atoms with E-state index in [4.69, 9.17) is 5.73 Å². The third-order valence-corrected chi connectivity index (χ3v) is 9.27. The summed E-state index contributed by atoms with van der Waals surface area (Å²) in [7, 11) is 0. The van der Waals surface area contributed by atoms with Gasteiger partial charge in [-0.25, -0.2) is 0 Å². The van der Waals surface area contributed by atoms with Crippen LogP contribution in [0.2, 0.25) is 0 Å². The van der Waals surface area contributed by atoms with Gasteiger partial charge in [0.2, 0.25) is 0 Å². The molecule has 0 amide bonds. The van der Waals surface area contributed by atoms with Crippen LogP contribution in [0.3, 0.4) is 0 Å². The second-order valence-corrected chi connectivity index (χ2v) is 10.8. The first-order valence-electron chi connectivity index (χ1n) is 9.84. The van der Waals surface area contributed by atoms with E-state index >= 15 is 0 Å². The Bertz CT molecular complexity index is 443. The van der Waals surface area contributed by atoms with Gasteiger partial charge in [-0.05, 0) is 117 Å². The summed E-state index contributed by atoms with van der Waals surface area (Å²) in [5.74, 6) is 5.34. The molecular formula is C20H31N. The van der Waals surface area contributed by atoms with Gasteiger partial charge in [0.1, 0.15) is 0 Å². The molecule has 8 aliphatic carbocycles. The van der Waals surface area contributed by atoms with Crippen molar-refractivity contribution in [3.63, 3.8) is 0 Å². The first-order chi connectivity index (χ1) is 10.1. The van der Waals surface area contributed by atoms with Gasteiger partial charge in [-0.15, -0.1) is 0 Å². The van der Waals surface area contributed by atoms with E-state index in [1.165, 1.54) is 25.7 Å². The highest BCUT2D eigenvalue weighted by molar-refractivity contribution is 5.18. The summed E-state index contributed by atoms with van der Waals surface area (Å²) in [6.07, 6.45) is 18.4. The van der Waals surface area contributed by atoms with Gasteiger partial charge >= 0.3 is 0 Å². The maximum absolute atomic E-state index is 6.92. The number of rotatable bonds is 1. The van der Waals surface area contributed by atoms with E-state index in [1.807, 2.05) is 0 Å².